The van der Waals surface area contributed by atoms with Gasteiger partial charge in [0.1, 0.15) is 0 Å². The SMILES string of the molecule is CONCc1ccn2cnccc12. The van der Waals surface area contributed by atoms with Crippen molar-refractivity contribution in [3.63, 3.8) is 0 Å². The Hall–Kier alpha value is -1.39. The maximum Gasteiger partial charge on any atom is 0.0990 e. The summed E-state index contributed by atoms with van der Waals surface area (Å²) in [6.45, 7) is 0.705. The molecule has 2 aromatic rings. The summed E-state index contributed by atoms with van der Waals surface area (Å²) in [6, 6.07) is 4.02. The van der Waals surface area contributed by atoms with E-state index in [-0.39, 0.29) is 0 Å². The van der Waals surface area contributed by atoms with E-state index in [4.69, 9.17) is 4.84 Å². The third-order valence-electron chi connectivity index (χ3n) is 1.96. The van der Waals surface area contributed by atoms with Crippen molar-refractivity contribution in [2.45, 2.75) is 6.54 Å². The average Bonchev–Trinajstić information content (AvgIpc) is 2.58. The van der Waals surface area contributed by atoms with Crippen molar-refractivity contribution in [3.8, 4) is 0 Å². The second kappa shape index (κ2) is 3.55. The topological polar surface area (TPSA) is 38.6 Å². The first kappa shape index (κ1) is 8.22. The Bertz CT molecular complexity index is 396. The molecule has 0 bridgehead atoms. The highest BCUT2D eigenvalue weighted by atomic mass is 16.6. The van der Waals surface area contributed by atoms with Gasteiger partial charge in [-0.2, -0.15) is 5.48 Å². The summed E-state index contributed by atoms with van der Waals surface area (Å²) in [5.41, 5.74) is 5.16. The summed E-state index contributed by atoms with van der Waals surface area (Å²) >= 11 is 0. The van der Waals surface area contributed by atoms with Crippen LogP contribution in [0.3, 0.4) is 0 Å². The highest BCUT2D eigenvalue weighted by Gasteiger charge is 1.99. The van der Waals surface area contributed by atoms with E-state index in [0.717, 1.165) is 5.52 Å². The Balaban J connectivity index is 2.35. The molecule has 2 rings (SSSR count). The maximum atomic E-state index is 4.79. The first-order chi connectivity index (χ1) is 6.42. The fraction of sp³-hybridized carbons (Fsp3) is 0.222. The van der Waals surface area contributed by atoms with Crippen molar-refractivity contribution in [1.29, 1.82) is 0 Å². The molecule has 4 heteroatoms. The Labute approximate surface area is 76.1 Å². The van der Waals surface area contributed by atoms with Crippen LogP contribution >= 0.6 is 0 Å². The molecule has 4 nitrogen and oxygen atoms in total. The minimum absolute atomic E-state index is 0.705. The minimum Gasteiger partial charge on any atom is -0.307 e. The van der Waals surface area contributed by atoms with Crippen LogP contribution in [0.25, 0.3) is 5.52 Å². The van der Waals surface area contributed by atoms with Crippen LogP contribution in [0, 0.1) is 0 Å². The quantitative estimate of drug-likeness (QED) is 0.710. The van der Waals surface area contributed by atoms with E-state index in [1.54, 1.807) is 19.6 Å². The number of fused-ring (bicyclic) bond motifs is 1. The molecule has 0 saturated carbocycles. The number of hydrogen-bond acceptors (Lipinski definition) is 3. The predicted molar refractivity (Wildman–Crippen MR) is 49.0 cm³/mol. The third kappa shape index (κ3) is 1.54. The molecule has 0 aliphatic carbocycles. The van der Waals surface area contributed by atoms with Crippen LogP contribution in [0.5, 0.6) is 0 Å². The molecular formula is C9H11N3O. The van der Waals surface area contributed by atoms with E-state index in [0.29, 0.717) is 6.54 Å². The van der Waals surface area contributed by atoms with E-state index < -0.39 is 0 Å². The molecule has 1 N–H and O–H groups in total. The van der Waals surface area contributed by atoms with Crippen molar-refractivity contribution in [2.75, 3.05) is 7.11 Å². The van der Waals surface area contributed by atoms with Crippen molar-refractivity contribution >= 4 is 5.52 Å². The zero-order chi connectivity index (χ0) is 9.10. The summed E-state index contributed by atoms with van der Waals surface area (Å²) in [5.74, 6) is 0. The second-order valence-corrected chi connectivity index (χ2v) is 2.74. The number of aromatic nitrogens is 2. The summed E-state index contributed by atoms with van der Waals surface area (Å²) in [7, 11) is 1.61. The zero-order valence-electron chi connectivity index (χ0n) is 7.40. The lowest BCUT2D eigenvalue weighted by molar-refractivity contribution is 0.0870. The number of hydroxylamine groups is 1. The molecule has 0 aliphatic rings. The molecule has 0 fully saturated rings. The van der Waals surface area contributed by atoms with Crippen LogP contribution in [0.15, 0.2) is 30.9 Å². The highest BCUT2D eigenvalue weighted by molar-refractivity contribution is 5.54. The van der Waals surface area contributed by atoms with Gasteiger partial charge in [-0.15, -0.1) is 0 Å². The summed E-state index contributed by atoms with van der Waals surface area (Å²) in [6.07, 6.45) is 5.55. The van der Waals surface area contributed by atoms with E-state index in [1.807, 2.05) is 22.7 Å². The van der Waals surface area contributed by atoms with Gasteiger partial charge in [0.2, 0.25) is 0 Å². The molecule has 13 heavy (non-hydrogen) atoms. The Kier molecular flexibility index (Phi) is 2.25. The molecule has 0 atom stereocenters. The minimum atomic E-state index is 0.705. The average molecular weight is 177 g/mol. The van der Waals surface area contributed by atoms with Crippen molar-refractivity contribution in [1.82, 2.24) is 14.9 Å². The highest BCUT2D eigenvalue weighted by Crippen LogP contribution is 2.10. The lowest BCUT2D eigenvalue weighted by atomic mass is 10.3. The number of nitrogens with zero attached hydrogens (tertiary/aromatic N) is 2. The van der Waals surface area contributed by atoms with E-state index in [1.165, 1.54) is 5.56 Å². The fourth-order valence-electron chi connectivity index (χ4n) is 1.32. The second-order valence-electron chi connectivity index (χ2n) is 2.74. The van der Waals surface area contributed by atoms with Gasteiger partial charge in [-0.1, -0.05) is 0 Å². The van der Waals surface area contributed by atoms with Gasteiger partial charge in [0, 0.05) is 18.9 Å². The first-order valence-electron chi connectivity index (χ1n) is 4.07. The van der Waals surface area contributed by atoms with Crippen LogP contribution in [-0.4, -0.2) is 16.5 Å². The normalized spacial score (nSPS) is 10.8. The molecule has 0 aromatic carbocycles. The van der Waals surface area contributed by atoms with Crippen molar-refractivity contribution in [2.24, 2.45) is 0 Å². The molecule has 0 saturated heterocycles. The largest absolute Gasteiger partial charge is 0.307 e. The smallest absolute Gasteiger partial charge is 0.0990 e. The molecule has 68 valence electrons. The van der Waals surface area contributed by atoms with E-state index in [2.05, 4.69) is 10.5 Å². The Morgan fingerprint density at radius 2 is 2.46 bits per heavy atom. The van der Waals surface area contributed by atoms with Crippen LogP contribution in [0.1, 0.15) is 5.56 Å². The third-order valence-corrected chi connectivity index (χ3v) is 1.96. The van der Waals surface area contributed by atoms with Crippen LogP contribution < -0.4 is 5.48 Å². The zero-order valence-corrected chi connectivity index (χ0v) is 7.40. The first-order valence-corrected chi connectivity index (χ1v) is 4.07. The van der Waals surface area contributed by atoms with Crippen LogP contribution in [0.2, 0.25) is 0 Å². The lowest BCUT2D eigenvalue weighted by Gasteiger charge is -2.00. The van der Waals surface area contributed by atoms with Gasteiger partial charge in [0.25, 0.3) is 0 Å². The number of rotatable bonds is 3. The van der Waals surface area contributed by atoms with Gasteiger partial charge in [-0.05, 0) is 17.7 Å². The fourth-order valence-corrected chi connectivity index (χ4v) is 1.32. The standard InChI is InChI=1S/C9H11N3O/c1-13-11-6-8-3-5-12-7-10-4-2-9(8)12/h2-5,7,11H,6H2,1H3. The monoisotopic (exact) mass is 177 g/mol. The molecule has 2 heterocycles. The molecule has 2 aromatic heterocycles. The van der Waals surface area contributed by atoms with Crippen LogP contribution in [-0.2, 0) is 11.4 Å². The molecule has 0 unspecified atom stereocenters. The molecule has 0 amide bonds. The molecular weight excluding hydrogens is 166 g/mol. The summed E-state index contributed by atoms with van der Waals surface area (Å²) in [5, 5.41) is 0. The van der Waals surface area contributed by atoms with Gasteiger partial charge in [-0.25, -0.2) is 4.98 Å². The lowest BCUT2D eigenvalue weighted by Crippen LogP contribution is -2.10. The molecule has 0 radical (unpaired) electrons. The predicted octanol–water partition coefficient (Wildman–Crippen LogP) is 0.985. The van der Waals surface area contributed by atoms with E-state index in [9.17, 15) is 0 Å². The summed E-state index contributed by atoms with van der Waals surface area (Å²) in [4.78, 5) is 8.81. The summed E-state index contributed by atoms with van der Waals surface area (Å²) < 4.78 is 1.98. The van der Waals surface area contributed by atoms with Crippen molar-refractivity contribution in [3.05, 3.63) is 36.4 Å². The Morgan fingerprint density at radius 1 is 1.54 bits per heavy atom. The Morgan fingerprint density at radius 3 is 3.31 bits per heavy atom. The van der Waals surface area contributed by atoms with Crippen LogP contribution in [0.4, 0.5) is 0 Å². The maximum absolute atomic E-state index is 4.79. The molecule has 0 spiro atoms. The number of nitrogens with one attached hydrogen (secondary N) is 1. The van der Waals surface area contributed by atoms with Gasteiger partial charge in [0.15, 0.2) is 0 Å². The van der Waals surface area contributed by atoms with Gasteiger partial charge in [0.05, 0.1) is 19.0 Å². The number of hydrogen-bond donors (Lipinski definition) is 1. The van der Waals surface area contributed by atoms with Gasteiger partial charge >= 0.3 is 0 Å². The van der Waals surface area contributed by atoms with Gasteiger partial charge < -0.3 is 9.24 Å². The molecule has 0 aliphatic heterocycles. The van der Waals surface area contributed by atoms with Crippen molar-refractivity contribution < 1.29 is 4.84 Å². The van der Waals surface area contributed by atoms with Gasteiger partial charge in [-0.3, -0.25) is 0 Å². The van der Waals surface area contributed by atoms with E-state index >= 15 is 0 Å².